The Morgan fingerprint density at radius 1 is 0.955 bits per heavy atom. The van der Waals surface area contributed by atoms with E-state index in [0.29, 0.717) is 6.04 Å². The van der Waals surface area contributed by atoms with Crippen molar-refractivity contribution in [3.63, 3.8) is 0 Å². The molecular weight excluding hydrogens is 276 g/mol. The molecule has 3 aromatic rings. The fourth-order valence-corrected chi connectivity index (χ4v) is 3.84. The van der Waals surface area contributed by atoms with Gasteiger partial charge in [-0.2, -0.15) is 0 Å². The van der Waals surface area contributed by atoms with E-state index in [4.69, 9.17) is 0 Å². The molecule has 1 aliphatic carbocycles. The Kier molecular flexibility index (Phi) is 3.10. The van der Waals surface area contributed by atoms with Crippen molar-refractivity contribution in [3.8, 4) is 0 Å². The van der Waals surface area contributed by atoms with Crippen LogP contribution in [0.2, 0.25) is 0 Å². The molecule has 0 radical (unpaired) electrons. The predicted octanol–water partition coefficient (Wildman–Crippen LogP) is 5.21. The third kappa shape index (κ3) is 1.98. The Bertz CT molecular complexity index is 860. The van der Waals surface area contributed by atoms with Gasteiger partial charge in [0.25, 0.3) is 5.69 Å². The lowest BCUT2D eigenvalue weighted by molar-refractivity contribution is -0.384. The second-order valence-corrected chi connectivity index (χ2v) is 6.14. The third-order valence-corrected chi connectivity index (χ3v) is 4.84. The zero-order chi connectivity index (χ0) is 15.1. The van der Waals surface area contributed by atoms with E-state index in [-0.39, 0.29) is 10.6 Å². The number of non-ortho nitro benzene ring substituents is 1. The fraction of sp³-hybridized carbons (Fsp3) is 0.333. The number of nitro groups is 1. The van der Waals surface area contributed by atoms with E-state index in [0.717, 1.165) is 16.3 Å². The van der Waals surface area contributed by atoms with Gasteiger partial charge in [-0.15, -0.1) is 0 Å². The summed E-state index contributed by atoms with van der Waals surface area (Å²) in [5, 5.41) is 13.2. The molecule has 0 bridgehead atoms. The van der Waals surface area contributed by atoms with Gasteiger partial charge in [0.2, 0.25) is 0 Å². The summed E-state index contributed by atoms with van der Waals surface area (Å²) in [7, 11) is 0. The molecule has 4 heteroatoms. The van der Waals surface area contributed by atoms with Crippen molar-refractivity contribution in [1.29, 1.82) is 0 Å². The topological polar surface area (TPSA) is 48.1 Å². The van der Waals surface area contributed by atoms with Gasteiger partial charge in [-0.1, -0.05) is 37.5 Å². The van der Waals surface area contributed by atoms with Gasteiger partial charge in [0.1, 0.15) is 0 Å². The number of benzene rings is 2. The second kappa shape index (κ2) is 5.13. The van der Waals surface area contributed by atoms with E-state index in [2.05, 4.69) is 22.8 Å². The first-order valence-electron chi connectivity index (χ1n) is 7.93. The minimum atomic E-state index is -0.313. The van der Waals surface area contributed by atoms with Crippen LogP contribution in [0.3, 0.4) is 0 Å². The average Bonchev–Trinajstić information content (AvgIpc) is 2.89. The zero-order valence-corrected chi connectivity index (χ0v) is 12.4. The van der Waals surface area contributed by atoms with Crippen LogP contribution in [0.5, 0.6) is 0 Å². The summed E-state index contributed by atoms with van der Waals surface area (Å²) in [6, 6.07) is 14.0. The van der Waals surface area contributed by atoms with Crippen molar-refractivity contribution in [2.45, 2.75) is 38.1 Å². The van der Waals surface area contributed by atoms with E-state index in [1.54, 1.807) is 12.1 Å². The van der Waals surface area contributed by atoms with Crippen LogP contribution in [0.4, 0.5) is 5.69 Å². The Hall–Kier alpha value is -2.36. The molecule has 1 aromatic heterocycles. The molecule has 1 aliphatic rings. The Labute approximate surface area is 128 Å². The molecule has 112 valence electrons. The molecule has 0 atom stereocenters. The van der Waals surface area contributed by atoms with E-state index in [1.807, 2.05) is 12.1 Å². The molecule has 0 spiro atoms. The number of hydrogen-bond donors (Lipinski definition) is 0. The average molecular weight is 294 g/mol. The second-order valence-electron chi connectivity index (χ2n) is 6.14. The van der Waals surface area contributed by atoms with Gasteiger partial charge in [-0.05, 0) is 25.0 Å². The lowest BCUT2D eigenvalue weighted by Gasteiger charge is -2.25. The van der Waals surface area contributed by atoms with Crippen LogP contribution in [0.15, 0.2) is 42.5 Å². The first-order valence-corrected chi connectivity index (χ1v) is 7.93. The highest BCUT2D eigenvalue weighted by atomic mass is 16.6. The smallest absolute Gasteiger partial charge is 0.270 e. The van der Waals surface area contributed by atoms with E-state index in [9.17, 15) is 10.1 Å². The maximum atomic E-state index is 11.1. The monoisotopic (exact) mass is 294 g/mol. The summed E-state index contributed by atoms with van der Waals surface area (Å²) in [4.78, 5) is 10.8. The summed E-state index contributed by atoms with van der Waals surface area (Å²) in [5.74, 6) is 0. The Balaban J connectivity index is 2.02. The molecular formula is C18H18N2O2. The van der Waals surface area contributed by atoms with Crippen LogP contribution >= 0.6 is 0 Å². The maximum Gasteiger partial charge on any atom is 0.270 e. The highest BCUT2D eigenvalue weighted by Gasteiger charge is 2.21. The van der Waals surface area contributed by atoms with Crippen LogP contribution in [-0.2, 0) is 0 Å². The summed E-state index contributed by atoms with van der Waals surface area (Å²) in [5.41, 5.74) is 2.49. The fourth-order valence-electron chi connectivity index (χ4n) is 3.84. The number of nitrogens with zero attached hydrogens (tertiary/aromatic N) is 2. The number of nitro benzene ring substituents is 1. The first-order chi connectivity index (χ1) is 10.8. The van der Waals surface area contributed by atoms with Crippen LogP contribution in [0.1, 0.15) is 38.1 Å². The van der Waals surface area contributed by atoms with Crippen molar-refractivity contribution in [3.05, 3.63) is 52.6 Å². The van der Waals surface area contributed by atoms with E-state index >= 15 is 0 Å². The minimum Gasteiger partial charge on any atom is -0.337 e. The molecule has 2 aromatic carbocycles. The molecule has 4 nitrogen and oxygen atoms in total. The SMILES string of the molecule is O=[N+]([O-])c1ccc2c(c1)c1ccccc1n2C1CCCCC1. The van der Waals surface area contributed by atoms with Crippen LogP contribution in [0.25, 0.3) is 21.8 Å². The molecule has 4 rings (SSSR count). The van der Waals surface area contributed by atoms with Gasteiger partial charge in [0, 0.05) is 40.0 Å². The summed E-state index contributed by atoms with van der Waals surface area (Å²) in [6.45, 7) is 0. The Morgan fingerprint density at radius 3 is 2.45 bits per heavy atom. The predicted molar refractivity (Wildman–Crippen MR) is 88.2 cm³/mol. The van der Waals surface area contributed by atoms with Gasteiger partial charge >= 0.3 is 0 Å². The van der Waals surface area contributed by atoms with E-state index in [1.165, 1.54) is 37.6 Å². The Morgan fingerprint density at radius 2 is 1.68 bits per heavy atom. The summed E-state index contributed by atoms with van der Waals surface area (Å²) in [6.07, 6.45) is 6.26. The number of fused-ring (bicyclic) bond motifs is 3. The van der Waals surface area contributed by atoms with Gasteiger partial charge in [-0.25, -0.2) is 0 Å². The van der Waals surface area contributed by atoms with Gasteiger partial charge in [0.05, 0.1) is 4.92 Å². The molecule has 0 unspecified atom stereocenters. The summed E-state index contributed by atoms with van der Waals surface area (Å²) < 4.78 is 2.41. The molecule has 22 heavy (non-hydrogen) atoms. The molecule has 0 amide bonds. The van der Waals surface area contributed by atoms with Gasteiger partial charge in [0.15, 0.2) is 0 Å². The lowest BCUT2D eigenvalue weighted by Crippen LogP contribution is -2.12. The zero-order valence-electron chi connectivity index (χ0n) is 12.4. The minimum absolute atomic E-state index is 0.166. The molecule has 1 saturated carbocycles. The van der Waals surface area contributed by atoms with Crippen molar-refractivity contribution in [2.75, 3.05) is 0 Å². The van der Waals surface area contributed by atoms with Gasteiger partial charge in [-0.3, -0.25) is 10.1 Å². The van der Waals surface area contributed by atoms with Crippen LogP contribution < -0.4 is 0 Å². The largest absolute Gasteiger partial charge is 0.337 e. The van der Waals surface area contributed by atoms with Crippen LogP contribution in [-0.4, -0.2) is 9.49 Å². The van der Waals surface area contributed by atoms with Crippen molar-refractivity contribution in [2.24, 2.45) is 0 Å². The molecule has 0 aliphatic heterocycles. The maximum absolute atomic E-state index is 11.1. The highest BCUT2D eigenvalue weighted by molar-refractivity contribution is 6.08. The highest BCUT2D eigenvalue weighted by Crippen LogP contribution is 2.38. The number of aromatic nitrogens is 1. The van der Waals surface area contributed by atoms with E-state index < -0.39 is 0 Å². The quantitative estimate of drug-likeness (QED) is 0.481. The molecule has 1 heterocycles. The first kappa shape index (κ1) is 13.3. The summed E-state index contributed by atoms with van der Waals surface area (Å²) >= 11 is 0. The number of para-hydroxylation sites is 1. The number of rotatable bonds is 2. The molecule has 1 fully saturated rings. The molecule has 0 N–H and O–H groups in total. The lowest BCUT2D eigenvalue weighted by atomic mass is 9.95. The third-order valence-electron chi connectivity index (χ3n) is 4.84. The van der Waals surface area contributed by atoms with Crippen molar-refractivity contribution in [1.82, 2.24) is 4.57 Å². The van der Waals surface area contributed by atoms with Crippen LogP contribution in [0, 0.1) is 10.1 Å². The van der Waals surface area contributed by atoms with Crippen molar-refractivity contribution < 1.29 is 4.92 Å². The van der Waals surface area contributed by atoms with Crippen molar-refractivity contribution >= 4 is 27.5 Å². The van der Waals surface area contributed by atoms with Gasteiger partial charge < -0.3 is 4.57 Å². The molecule has 0 saturated heterocycles. The normalized spacial score (nSPS) is 16.4. The number of hydrogen-bond acceptors (Lipinski definition) is 2. The standard InChI is InChI=1S/C18H18N2O2/c21-20(22)14-10-11-18-16(12-14)15-8-4-5-9-17(15)19(18)13-6-2-1-3-7-13/h4-5,8-13H,1-3,6-7H2.